The van der Waals surface area contributed by atoms with E-state index in [1.54, 1.807) is 24.5 Å². The van der Waals surface area contributed by atoms with Crippen LogP contribution in [-0.4, -0.2) is 67.9 Å². The topological polar surface area (TPSA) is 115 Å². The van der Waals surface area contributed by atoms with Crippen molar-refractivity contribution in [2.75, 3.05) is 13.2 Å². The molecule has 4 aromatic rings. The Kier molecular flexibility index (Phi) is 5.58. The highest BCUT2D eigenvalue weighted by Crippen LogP contribution is 2.40. The quantitative estimate of drug-likeness (QED) is 0.409. The fourth-order valence-electron chi connectivity index (χ4n) is 5.70. The first-order chi connectivity index (χ1) is 18.0. The number of aliphatic hydroxyl groups is 1. The lowest BCUT2D eigenvalue weighted by molar-refractivity contribution is 0.00706. The molecule has 0 saturated carbocycles. The van der Waals surface area contributed by atoms with Crippen LogP contribution in [0.3, 0.4) is 0 Å². The molecule has 0 bridgehead atoms. The molecule has 37 heavy (non-hydrogen) atoms. The Morgan fingerprint density at radius 1 is 1.11 bits per heavy atom. The number of aryl methyl sites for hydroxylation is 1. The molecule has 11 heteroatoms. The zero-order valence-electron chi connectivity index (χ0n) is 19.6. The predicted molar refractivity (Wildman–Crippen MR) is 131 cm³/mol. The molecule has 1 aliphatic carbocycles. The third-order valence-electron chi connectivity index (χ3n) is 7.47. The van der Waals surface area contributed by atoms with Gasteiger partial charge in [0.2, 0.25) is 0 Å². The van der Waals surface area contributed by atoms with Crippen molar-refractivity contribution in [3.05, 3.63) is 64.3 Å². The minimum Gasteiger partial charge on any atom is -0.456 e. The van der Waals surface area contributed by atoms with E-state index in [1.807, 2.05) is 12.1 Å². The van der Waals surface area contributed by atoms with Gasteiger partial charge in [0, 0.05) is 5.56 Å². The number of imidazole rings is 1. The maximum absolute atomic E-state index is 15.3. The van der Waals surface area contributed by atoms with Gasteiger partial charge in [-0.1, -0.05) is 17.7 Å². The molecule has 2 saturated heterocycles. The minimum absolute atomic E-state index is 0.0322. The van der Waals surface area contributed by atoms with Crippen molar-refractivity contribution in [2.45, 2.75) is 49.6 Å². The Hall–Kier alpha value is -3.18. The van der Waals surface area contributed by atoms with Crippen LogP contribution in [0.4, 0.5) is 4.39 Å². The van der Waals surface area contributed by atoms with Crippen LogP contribution in [0.2, 0.25) is 5.02 Å². The van der Waals surface area contributed by atoms with Crippen molar-refractivity contribution in [1.82, 2.24) is 25.1 Å². The number of halogens is 2. The number of aliphatic hydroxyl groups excluding tert-OH is 1. The number of ether oxygens (including phenoxy) is 3. The number of aromatic nitrogens is 5. The van der Waals surface area contributed by atoms with Crippen LogP contribution in [0.1, 0.15) is 29.2 Å². The zero-order valence-corrected chi connectivity index (χ0v) is 20.4. The van der Waals surface area contributed by atoms with E-state index in [2.05, 4.69) is 25.1 Å². The van der Waals surface area contributed by atoms with Crippen LogP contribution in [0.25, 0.3) is 22.3 Å². The number of pyridine rings is 1. The van der Waals surface area contributed by atoms with Crippen LogP contribution in [0.5, 0.6) is 6.01 Å². The summed E-state index contributed by atoms with van der Waals surface area (Å²) in [5.74, 6) is -0.258. The number of nitrogens with one attached hydrogen (secondary N) is 1. The number of hydrogen-bond acceptors (Lipinski definition) is 8. The van der Waals surface area contributed by atoms with Gasteiger partial charge in [-0.05, 0) is 60.1 Å². The van der Waals surface area contributed by atoms with E-state index < -0.39 is 6.10 Å². The molecular formula is C26H23ClFN5O4. The molecule has 5 atom stereocenters. The zero-order chi connectivity index (χ0) is 25.1. The van der Waals surface area contributed by atoms with E-state index >= 15 is 4.39 Å². The lowest BCUT2D eigenvalue weighted by Crippen LogP contribution is -2.34. The first-order valence-electron chi connectivity index (χ1n) is 12.3. The molecule has 190 valence electrons. The largest absolute Gasteiger partial charge is 0.456 e. The average molecular weight is 524 g/mol. The summed E-state index contributed by atoms with van der Waals surface area (Å²) in [6.07, 6.45) is 3.57. The Morgan fingerprint density at radius 2 is 2.00 bits per heavy atom. The van der Waals surface area contributed by atoms with Gasteiger partial charge >= 0.3 is 0 Å². The minimum atomic E-state index is -0.651. The van der Waals surface area contributed by atoms with Crippen LogP contribution >= 0.6 is 11.6 Å². The van der Waals surface area contributed by atoms with Gasteiger partial charge < -0.3 is 24.3 Å². The van der Waals surface area contributed by atoms with Crippen molar-refractivity contribution in [2.24, 2.45) is 0 Å². The number of H-pyrrole nitrogens is 1. The van der Waals surface area contributed by atoms with E-state index in [0.29, 0.717) is 34.9 Å². The normalized spacial score (nSPS) is 26.5. The van der Waals surface area contributed by atoms with Gasteiger partial charge in [-0.3, -0.25) is 0 Å². The van der Waals surface area contributed by atoms with E-state index in [9.17, 15) is 5.11 Å². The molecule has 7 rings (SSSR count). The molecule has 0 amide bonds. The molecule has 2 fully saturated rings. The summed E-state index contributed by atoms with van der Waals surface area (Å²) in [6, 6.07) is 7.48. The number of nitrogens with zero attached hydrogens (tertiary/aromatic N) is 4. The van der Waals surface area contributed by atoms with Gasteiger partial charge in [0.1, 0.15) is 24.1 Å². The fraction of sp³-hybridized carbons (Fsp3) is 0.385. The van der Waals surface area contributed by atoms with Gasteiger partial charge in [0.15, 0.2) is 11.8 Å². The Morgan fingerprint density at radius 3 is 2.86 bits per heavy atom. The first kappa shape index (κ1) is 23.0. The maximum atomic E-state index is 15.3. The Labute approximate surface area is 216 Å². The molecule has 3 aliphatic rings. The maximum Gasteiger partial charge on any atom is 0.296 e. The summed E-state index contributed by atoms with van der Waals surface area (Å²) in [4.78, 5) is 12.3. The summed E-state index contributed by atoms with van der Waals surface area (Å²) in [7, 11) is 0. The predicted octanol–water partition coefficient (Wildman–Crippen LogP) is 3.39. The van der Waals surface area contributed by atoms with Gasteiger partial charge in [0.05, 0.1) is 41.8 Å². The second-order valence-corrected chi connectivity index (χ2v) is 10.2. The molecular weight excluding hydrogens is 501 g/mol. The van der Waals surface area contributed by atoms with E-state index in [4.69, 9.17) is 25.8 Å². The van der Waals surface area contributed by atoms with Crippen molar-refractivity contribution in [1.29, 1.82) is 0 Å². The van der Waals surface area contributed by atoms with E-state index in [1.165, 1.54) is 0 Å². The number of aromatic amines is 1. The van der Waals surface area contributed by atoms with Crippen molar-refractivity contribution >= 4 is 22.8 Å². The molecule has 5 heterocycles. The highest BCUT2D eigenvalue weighted by atomic mass is 35.5. The van der Waals surface area contributed by atoms with E-state index in [-0.39, 0.29) is 42.7 Å². The van der Waals surface area contributed by atoms with E-state index in [0.717, 1.165) is 35.1 Å². The molecule has 9 nitrogen and oxygen atoms in total. The summed E-state index contributed by atoms with van der Waals surface area (Å²) in [5.41, 5.74) is 5.13. The SMILES string of the molecule is O[C@@H]1CO[C@H]2[C@@H]1OC[C@H]2Oc1nc2nc(CC3CCc4cc(-c5ccnnc5)cc(F)c43)c(Cl)cc2[nH]1. The Bertz CT molecular complexity index is 1490. The first-order valence-corrected chi connectivity index (χ1v) is 12.6. The standard InChI is InChI=1S/C26H23ClFN5O4/c27-16-8-19-25(33-26(32-19)37-21-11-36-23-20(34)10-35-24(21)23)31-18(16)7-13-2-1-12-5-15(6-17(28)22(12)13)14-3-4-29-30-9-14/h3-6,8-9,13,20-21,23-24,34H,1-2,7,10-11H2,(H,31,32,33)/t13?,20-,21-,23-,24-/m1/s1. The molecule has 1 unspecified atom stereocenters. The smallest absolute Gasteiger partial charge is 0.296 e. The van der Waals surface area contributed by atoms with Crippen LogP contribution in [0.15, 0.2) is 36.7 Å². The molecule has 1 aromatic carbocycles. The Balaban J connectivity index is 1.12. The number of fused-ring (bicyclic) bond motifs is 3. The number of benzene rings is 1. The monoisotopic (exact) mass is 523 g/mol. The van der Waals surface area contributed by atoms with Crippen LogP contribution in [0, 0.1) is 5.82 Å². The van der Waals surface area contributed by atoms with Gasteiger partial charge in [-0.15, -0.1) is 0 Å². The van der Waals surface area contributed by atoms with Crippen molar-refractivity contribution in [3.8, 4) is 17.1 Å². The summed E-state index contributed by atoms with van der Waals surface area (Å²) in [5, 5.41) is 18.1. The lowest BCUT2D eigenvalue weighted by atomic mass is 9.93. The van der Waals surface area contributed by atoms with Gasteiger partial charge in [0.25, 0.3) is 6.01 Å². The second kappa shape index (κ2) is 8.98. The molecule has 0 spiro atoms. The van der Waals surface area contributed by atoms with Crippen LogP contribution in [-0.2, 0) is 22.3 Å². The summed E-state index contributed by atoms with van der Waals surface area (Å²) >= 11 is 6.60. The highest BCUT2D eigenvalue weighted by Gasteiger charge is 2.48. The average Bonchev–Trinajstić information content (AvgIpc) is 3.66. The highest BCUT2D eigenvalue weighted by molar-refractivity contribution is 6.31. The van der Waals surface area contributed by atoms with Gasteiger partial charge in [-0.25, -0.2) is 9.37 Å². The third kappa shape index (κ3) is 4.04. The number of rotatable bonds is 5. The molecule has 2 aliphatic heterocycles. The molecule has 3 aromatic heterocycles. The lowest BCUT2D eigenvalue weighted by Gasteiger charge is -2.15. The van der Waals surface area contributed by atoms with Gasteiger partial charge in [-0.2, -0.15) is 15.2 Å². The third-order valence-corrected chi connectivity index (χ3v) is 7.79. The molecule has 0 radical (unpaired) electrons. The second-order valence-electron chi connectivity index (χ2n) is 9.75. The molecule has 2 N–H and O–H groups in total. The number of hydrogen-bond donors (Lipinski definition) is 2. The van der Waals surface area contributed by atoms with Crippen LogP contribution < -0.4 is 4.74 Å². The van der Waals surface area contributed by atoms with Crippen molar-refractivity contribution < 1.29 is 23.7 Å². The summed E-state index contributed by atoms with van der Waals surface area (Å²) < 4.78 is 32.5. The summed E-state index contributed by atoms with van der Waals surface area (Å²) in [6.45, 7) is 0.526. The fourth-order valence-corrected chi connectivity index (χ4v) is 5.93. The van der Waals surface area contributed by atoms with Crippen molar-refractivity contribution in [3.63, 3.8) is 0 Å².